The molecule has 0 fully saturated rings. The summed E-state index contributed by atoms with van der Waals surface area (Å²) in [6.07, 6.45) is 0. The molecule has 0 saturated heterocycles. The number of hydrogen-bond donors (Lipinski definition) is 2. The molecule has 1 aromatic heterocycles. The minimum absolute atomic E-state index is 0.0390. The molecule has 0 spiro atoms. The van der Waals surface area contributed by atoms with Crippen molar-refractivity contribution in [2.45, 2.75) is 6.92 Å². The fourth-order valence-corrected chi connectivity index (χ4v) is 2.13. The van der Waals surface area contributed by atoms with Crippen molar-refractivity contribution in [1.82, 2.24) is 5.16 Å². The van der Waals surface area contributed by atoms with Crippen molar-refractivity contribution < 1.29 is 19.2 Å². The van der Waals surface area contributed by atoms with Crippen LogP contribution < -0.4 is 5.32 Å². The smallest absolute Gasteiger partial charge is 0.277 e. The molecule has 24 heavy (non-hydrogen) atoms. The van der Waals surface area contributed by atoms with E-state index >= 15 is 0 Å². The van der Waals surface area contributed by atoms with E-state index in [1.54, 1.807) is 36.4 Å². The number of benzene rings is 2. The van der Waals surface area contributed by atoms with E-state index in [2.05, 4.69) is 10.5 Å². The lowest BCUT2D eigenvalue weighted by Crippen LogP contribution is -2.12. The van der Waals surface area contributed by atoms with Crippen LogP contribution in [0.1, 0.15) is 27.8 Å². The van der Waals surface area contributed by atoms with Crippen LogP contribution in [0.15, 0.2) is 59.1 Å². The third-order valence-electron chi connectivity index (χ3n) is 3.44. The van der Waals surface area contributed by atoms with Crippen molar-refractivity contribution in [2.24, 2.45) is 0 Å². The molecule has 1 amide bonds. The summed E-state index contributed by atoms with van der Waals surface area (Å²) >= 11 is 0. The molecule has 0 aliphatic heterocycles. The highest BCUT2D eigenvalue weighted by Gasteiger charge is 2.14. The standard InChI is InChI=1S/C18H14N2O4/c1-11(21)12-2-6-14(7-3-12)19-18(23)16-10-17(24-20-16)13-4-8-15(22)9-5-13/h2-10,22H,1H3,(H,19,23). The van der Waals surface area contributed by atoms with Crippen LogP contribution in [0.25, 0.3) is 11.3 Å². The number of hydrogen-bond acceptors (Lipinski definition) is 5. The zero-order valence-corrected chi connectivity index (χ0v) is 12.8. The Balaban J connectivity index is 1.73. The maximum Gasteiger partial charge on any atom is 0.277 e. The normalized spacial score (nSPS) is 10.4. The fraction of sp³-hybridized carbons (Fsp3) is 0.0556. The second kappa shape index (κ2) is 6.37. The Bertz CT molecular complexity index is 880. The molecule has 120 valence electrons. The van der Waals surface area contributed by atoms with Crippen LogP contribution in [-0.4, -0.2) is 22.0 Å². The predicted octanol–water partition coefficient (Wildman–Crippen LogP) is 3.50. The lowest BCUT2D eigenvalue weighted by atomic mass is 10.1. The molecule has 0 aliphatic rings. The third-order valence-corrected chi connectivity index (χ3v) is 3.44. The number of nitrogens with one attached hydrogen (secondary N) is 1. The summed E-state index contributed by atoms with van der Waals surface area (Å²) in [7, 11) is 0. The number of ketones is 1. The summed E-state index contributed by atoms with van der Waals surface area (Å²) in [6, 6.07) is 14.5. The molecule has 3 aromatic rings. The Labute approximate surface area is 137 Å². The lowest BCUT2D eigenvalue weighted by molar-refractivity contribution is 0.101. The van der Waals surface area contributed by atoms with Crippen molar-refractivity contribution in [3.63, 3.8) is 0 Å². The zero-order chi connectivity index (χ0) is 17.1. The highest BCUT2D eigenvalue weighted by Crippen LogP contribution is 2.23. The highest BCUT2D eigenvalue weighted by atomic mass is 16.5. The molecule has 0 bridgehead atoms. The first-order valence-corrected chi connectivity index (χ1v) is 7.21. The molecule has 2 aromatic carbocycles. The van der Waals surface area contributed by atoms with Gasteiger partial charge in [0, 0.05) is 22.9 Å². The van der Waals surface area contributed by atoms with Crippen LogP contribution >= 0.6 is 0 Å². The van der Waals surface area contributed by atoms with Crippen LogP contribution in [-0.2, 0) is 0 Å². The zero-order valence-electron chi connectivity index (χ0n) is 12.8. The molecular weight excluding hydrogens is 308 g/mol. The molecular formula is C18H14N2O4. The van der Waals surface area contributed by atoms with Gasteiger partial charge in [0.15, 0.2) is 17.2 Å². The quantitative estimate of drug-likeness (QED) is 0.717. The molecule has 0 radical (unpaired) electrons. The second-order valence-electron chi connectivity index (χ2n) is 5.21. The third kappa shape index (κ3) is 3.33. The van der Waals surface area contributed by atoms with Crippen molar-refractivity contribution in [3.05, 3.63) is 65.9 Å². The summed E-state index contributed by atoms with van der Waals surface area (Å²) in [5.74, 6) is 0.111. The number of aromatic nitrogens is 1. The van der Waals surface area contributed by atoms with Gasteiger partial charge < -0.3 is 14.9 Å². The number of Topliss-reactive ketones (excluding diaryl/α,β-unsaturated/α-hetero) is 1. The number of carbonyl (C=O) groups is 2. The molecule has 0 saturated carbocycles. The average molecular weight is 322 g/mol. The van der Waals surface area contributed by atoms with Crippen LogP contribution in [0, 0.1) is 0 Å². The largest absolute Gasteiger partial charge is 0.508 e. The van der Waals surface area contributed by atoms with Gasteiger partial charge in [0.25, 0.3) is 5.91 Å². The first-order valence-electron chi connectivity index (χ1n) is 7.21. The van der Waals surface area contributed by atoms with E-state index in [1.807, 2.05) is 0 Å². The highest BCUT2D eigenvalue weighted by molar-refractivity contribution is 6.03. The number of phenolic OH excluding ortho intramolecular Hbond substituents is 1. The topological polar surface area (TPSA) is 92.4 Å². The number of aromatic hydroxyl groups is 1. The molecule has 6 heteroatoms. The van der Waals surface area contributed by atoms with Crippen LogP contribution in [0.2, 0.25) is 0 Å². The monoisotopic (exact) mass is 322 g/mol. The van der Waals surface area contributed by atoms with Gasteiger partial charge in [-0.2, -0.15) is 0 Å². The van der Waals surface area contributed by atoms with E-state index in [1.165, 1.54) is 25.1 Å². The summed E-state index contributed by atoms with van der Waals surface area (Å²) in [5.41, 5.74) is 1.96. The summed E-state index contributed by atoms with van der Waals surface area (Å²) in [5, 5.41) is 15.7. The van der Waals surface area contributed by atoms with Crippen LogP contribution in [0.4, 0.5) is 5.69 Å². The van der Waals surface area contributed by atoms with Gasteiger partial charge in [0.1, 0.15) is 5.75 Å². The molecule has 0 aliphatic carbocycles. The Morgan fingerprint density at radius 3 is 2.33 bits per heavy atom. The summed E-state index contributed by atoms with van der Waals surface area (Å²) in [4.78, 5) is 23.4. The second-order valence-corrected chi connectivity index (χ2v) is 5.21. The Hall–Kier alpha value is -3.41. The van der Waals surface area contributed by atoms with Gasteiger partial charge in [0.05, 0.1) is 0 Å². The number of anilines is 1. The average Bonchev–Trinajstić information content (AvgIpc) is 3.06. The number of carbonyl (C=O) groups excluding carboxylic acids is 2. The Kier molecular flexibility index (Phi) is 4.11. The van der Waals surface area contributed by atoms with Gasteiger partial charge in [0.2, 0.25) is 0 Å². The predicted molar refractivity (Wildman–Crippen MR) is 88.0 cm³/mol. The number of nitrogens with zero attached hydrogens (tertiary/aromatic N) is 1. The minimum Gasteiger partial charge on any atom is -0.508 e. The van der Waals surface area contributed by atoms with E-state index < -0.39 is 5.91 Å². The van der Waals surface area contributed by atoms with Crippen molar-refractivity contribution in [3.8, 4) is 17.1 Å². The van der Waals surface area contributed by atoms with E-state index in [-0.39, 0.29) is 17.2 Å². The fourth-order valence-electron chi connectivity index (χ4n) is 2.13. The van der Waals surface area contributed by atoms with Crippen molar-refractivity contribution in [1.29, 1.82) is 0 Å². The van der Waals surface area contributed by atoms with Crippen molar-refractivity contribution >= 4 is 17.4 Å². The minimum atomic E-state index is -0.417. The number of amides is 1. The molecule has 1 heterocycles. The first-order chi connectivity index (χ1) is 11.5. The van der Waals surface area contributed by atoms with E-state index in [4.69, 9.17) is 4.52 Å². The molecule has 2 N–H and O–H groups in total. The van der Waals surface area contributed by atoms with E-state index in [0.29, 0.717) is 22.6 Å². The van der Waals surface area contributed by atoms with Crippen molar-refractivity contribution in [2.75, 3.05) is 5.32 Å². The van der Waals surface area contributed by atoms with Crippen LogP contribution in [0.3, 0.4) is 0 Å². The number of phenols is 1. The lowest BCUT2D eigenvalue weighted by Gasteiger charge is -2.03. The van der Waals surface area contributed by atoms with Gasteiger partial charge in [-0.25, -0.2) is 0 Å². The van der Waals surface area contributed by atoms with Gasteiger partial charge in [-0.3, -0.25) is 9.59 Å². The van der Waals surface area contributed by atoms with E-state index in [9.17, 15) is 14.7 Å². The van der Waals surface area contributed by atoms with Gasteiger partial charge in [-0.15, -0.1) is 0 Å². The number of rotatable bonds is 4. The summed E-state index contributed by atoms with van der Waals surface area (Å²) < 4.78 is 5.16. The van der Waals surface area contributed by atoms with Gasteiger partial charge in [-0.1, -0.05) is 5.16 Å². The maximum atomic E-state index is 12.2. The SMILES string of the molecule is CC(=O)c1ccc(NC(=O)c2cc(-c3ccc(O)cc3)on2)cc1. The van der Waals surface area contributed by atoms with Gasteiger partial charge in [-0.05, 0) is 55.5 Å². The first kappa shape index (κ1) is 15.5. The Morgan fingerprint density at radius 2 is 1.71 bits per heavy atom. The molecule has 3 rings (SSSR count). The molecule has 6 nitrogen and oxygen atoms in total. The maximum absolute atomic E-state index is 12.2. The summed E-state index contributed by atoms with van der Waals surface area (Å²) in [6.45, 7) is 1.48. The molecule has 0 atom stereocenters. The molecule has 0 unspecified atom stereocenters. The van der Waals surface area contributed by atoms with E-state index in [0.717, 1.165) is 0 Å². The Morgan fingerprint density at radius 1 is 1.04 bits per heavy atom. The van der Waals surface area contributed by atoms with Gasteiger partial charge >= 0.3 is 0 Å². The van der Waals surface area contributed by atoms with Crippen LogP contribution in [0.5, 0.6) is 5.75 Å².